The molecule has 1 aliphatic rings. The third-order valence-corrected chi connectivity index (χ3v) is 4.38. The monoisotopic (exact) mass is 253 g/mol. The molecule has 0 saturated heterocycles. The van der Waals surface area contributed by atoms with Crippen LogP contribution in [-0.2, 0) is 11.2 Å². The molecule has 1 fully saturated rings. The summed E-state index contributed by atoms with van der Waals surface area (Å²) in [4.78, 5) is 17.0. The highest BCUT2D eigenvalue weighted by atomic mass is 16.1. The number of pyridine rings is 1. The second kappa shape index (κ2) is 4.76. The summed E-state index contributed by atoms with van der Waals surface area (Å²) < 4.78 is 0. The highest BCUT2D eigenvalue weighted by molar-refractivity contribution is 5.87. The standard InChI is InChI=1S/C17H19NO/c1-17(10-4-5-11-17)16(19)12-14-9-8-13-6-2-3-7-15(13)18-14/h2-3,6-9H,4-5,10-12H2,1H3. The molecule has 1 aliphatic carbocycles. The number of Topliss-reactive ketones (excluding diaryl/α,β-unsaturated/α-hetero) is 1. The number of hydrogen-bond donors (Lipinski definition) is 0. The maximum absolute atomic E-state index is 12.4. The van der Waals surface area contributed by atoms with Gasteiger partial charge in [0.05, 0.1) is 5.52 Å². The molecule has 2 nitrogen and oxygen atoms in total. The first kappa shape index (κ1) is 12.3. The van der Waals surface area contributed by atoms with Crippen molar-refractivity contribution in [2.45, 2.75) is 39.0 Å². The average Bonchev–Trinajstić information content (AvgIpc) is 2.87. The molecule has 2 aromatic rings. The topological polar surface area (TPSA) is 30.0 Å². The van der Waals surface area contributed by atoms with E-state index >= 15 is 0 Å². The van der Waals surface area contributed by atoms with Crippen molar-refractivity contribution in [3.05, 3.63) is 42.1 Å². The van der Waals surface area contributed by atoms with Crippen LogP contribution in [0.25, 0.3) is 10.9 Å². The van der Waals surface area contributed by atoms with Crippen LogP contribution < -0.4 is 0 Å². The molecule has 0 spiro atoms. The van der Waals surface area contributed by atoms with E-state index in [1.54, 1.807) is 0 Å². The predicted molar refractivity (Wildman–Crippen MR) is 77.0 cm³/mol. The minimum absolute atomic E-state index is 0.104. The number of ketones is 1. The molecule has 0 bridgehead atoms. The zero-order valence-corrected chi connectivity index (χ0v) is 11.4. The molecule has 1 saturated carbocycles. The third-order valence-electron chi connectivity index (χ3n) is 4.38. The summed E-state index contributed by atoms with van der Waals surface area (Å²) in [7, 11) is 0. The van der Waals surface area contributed by atoms with Gasteiger partial charge in [0.25, 0.3) is 0 Å². The van der Waals surface area contributed by atoms with E-state index in [4.69, 9.17) is 0 Å². The van der Waals surface area contributed by atoms with Gasteiger partial charge in [0, 0.05) is 22.9 Å². The lowest BCUT2D eigenvalue weighted by atomic mass is 9.82. The Kier molecular flexibility index (Phi) is 3.09. The Balaban J connectivity index is 1.83. The quantitative estimate of drug-likeness (QED) is 0.829. The van der Waals surface area contributed by atoms with Gasteiger partial charge in [-0.25, -0.2) is 0 Å². The van der Waals surface area contributed by atoms with E-state index < -0.39 is 0 Å². The van der Waals surface area contributed by atoms with Crippen LogP contribution in [0.4, 0.5) is 0 Å². The average molecular weight is 253 g/mol. The summed E-state index contributed by atoms with van der Waals surface area (Å²) in [5, 5.41) is 1.13. The molecular formula is C17H19NO. The number of carbonyl (C=O) groups excluding carboxylic acids is 1. The molecule has 1 aromatic heterocycles. The van der Waals surface area contributed by atoms with Crippen LogP contribution in [0, 0.1) is 5.41 Å². The SMILES string of the molecule is CC1(C(=O)Cc2ccc3ccccc3n2)CCCC1. The Bertz CT molecular complexity index is 611. The molecule has 0 unspecified atom stereocenters. The van der Waals surface area contributed by atoms with Crippen molar-refractivity contribution in [1.82, 2.24) is 4.98 Å². The van der Waals surface area contributed by atoms with Crippen molar-refractivity contribution in [2.24, 2.45) is 5.41 Å². The summed E-state index contributed by atoms with van der Waals surface area (Å²) in [6.07, 6.45) is 4.93. The number of carbonyl (C=O) groups is 1. The molecule has 0 radical (unpaired) electrons. The minimum Gasteiger partial charge on any atom is -0.299 e. The van der Waals surface area contributed by atoms with E-state index in [1.165, 1.54) is 12.8 Å². The van der Waals surface area contributed by atoms with Gasteiger partial charge < -0.3 is 0 Å². The zero-order chi connectivity index (χ0) is 13.3. The Morgan fingerprint density at radius 1 is 1.16 bits per heavy atom. The van der Waals surface area contributed by atoms with E-state index in [9.17, 15) is 4.79 Å². The number of para-hydroxylation sites is 1. The number of hydrogen-bond acceptors (Lipinski definition) is 2. The molecule has 0 aliphatic heterocycles. The van der Waals surface area contributed by atoms with Crippen molar-refractivity contribution < 1.29 is 4.79 Å². The second-order valence-electron chi connectivity index (χ2n) is 5.86. The van der Waals surface area contributed by atoms with Gasteiger partial charge in [-0.15, -0.1) is 0 Å². The lowest BCUT2D eigenvalue weighted by Crippen LogP contribution is -2.26. The van der Waals surface area contributed by atoms with E-state index in [2.05, 4.69) is 18.0 Å². The van der Waals surface area contributed by atoms with Crippen LogP contribution in [0.1, 0.15) is 38.3 Å². The Labute approximate surface area is 113 Å². The van der Waals surface area contributed by atoms with Gasteiger partial charge in [0.2, 0.25) is 0 Å². The predicted octanol–water partition coefficient (Wildman–Crippen LogP) is 3.93. The highest BCUT2D eigenvalue weighted by Gasteiger charge is 2.35. The fourth-order valence-electron chi connectivity index (χ4n) is 3.02. The van der Waals surface area contributed by atoms with Gasteiger partial charge in [-0.3, -0.25) is 9.78 Å². The maximum Gasteiger partial charge on any atom is 0.144 e. The zero-order valence-electron chi connectivity index (χ0n) is 11.4. The van der Waals surface area contributed by atoms with Crippen molar-refractivity contribution in [3.63, 3.8) is 0 Å². The largest absolute Gasteiger partial charge is 0.299 e. The number of benzene rings is 1. The molecule has 19 heavy (non-hydrogen) atoms. The van der Waals surface area contributed by atoms with E-state index in [0.717, 1.165) is 29.4 Å². The van der Waals surface area contributed by atoms with Crippen LogP contribution in [0.15, 0.2) is 36.4 Å². The van der Waals surface area contributed by atoms with Crippen LogP contribution in [0.2, 0.25) is 0 Å². The lowest BCUT2D eigenvalue weighted by molar-refractivity contribution is -0.127. The number of aromatic nitrogens is 1. The summed E-state index contributed by atoms with van der Waals surface area (Å²) in [6, 6.07) is 12.1. The normalized spacial score (nSPS) is 17.7. The van der Waals surface area contributed by atoms with E-state index in [1.807, 2.05) is 30.3 Å². The Hall–Kier alpha value is -1.70. The van der Waals surface area contributed by atoms with Crippen LogP contribution in [0.5, 0.6) is 0 Å². The van der Waals surface area contributed by atoms with Crippen molar-refractivity contribution in [2.75, 3.05) is 0 Å². The van der Waals surface area contributed by atoms with Gasteiger partial charge >= 0.3 is 0 Å². The van der Waals surface area contributed by atoms with Gasteiger partial charge in [-0.1, -0.05) is 44.0 Å². The van der Waals surface area contributed by atoms with Crippen molar-refractivity contribution >= 4 is 16.7 Å². The van der Waals surface area contributed by atoms with Gasteiger partial charge in [-0.2, -0.15) is 0 Å². The fourth-order valence-corrected chi connectivity index (χ4v) is 3.02. The first-order chi connectivity index (χ1) is 9.17. The maximum atomic E-state index is 12.4. The van der Waals surface area contributed by atoms with Gasteiger partial charge in [0.15, 0.2) is 0 Å². The second-order valence-corrected chi connectivity index (χ2v) is 5.86. The number of nitrogens with zero attached hydrogens (tertiary/aromatic N) is 1. The molecule has 2 heteroatoms. The van der Waals surface area contributed by atoms with E-state index in [0.29, 0.717) is 12.2 Å². The van der Waals surface area contributed by atoms with Gasteiger partial charge in [-0.05, 0) is 25.0 Å². The Morgan fingerprint density at radius 3 is 2.68 bits per heavy atom. The molecule has 3 rings (SSSR count). The smallest absolute Gasteiger partial charge is 0.144 e. The minimum atomic E-state index is -0.104. The molecule has 98 valence electrons. The van der Waals surface area contributed by atoms with Crippen LogP contribution >= 0.6 is 0 Å². The molecule has 0 amide bonds. The van der Waals surface area contributed by atoms with Crippen LogP contribution in [-0.4, -0.2) is 10.8 Å². The third kappa shape index (κ3) is 2.40. The van der Waals surface area contributed by atoms with Crippen molar-refractivity contribution in [3.8, 4) is 0 Å². The molecular weight excluding hydrogens is 234 g/mol. The number of rotatable bonds is 3. The first-order valence-corrected chi connectivity index (χ1v) is 7.05. The lowest BCUT2D eigenvalue weighted by Gasteiger charge is -2.21. The molecule has 1 aromatic carbocycles. The molecule has 0 atom stereocenters. The number of fused-ring (bicyclic) bond motifs is 1. The summed E-state index contributed by atoms with van der Waals surface area (Å²) >= 11 is 0. The molecule has 1 heterocycles. The summed E-state index contributed by atoms with van der Waals surface area (Å²) in [5.74, 6) is 0.354. The fraction of sp³-hybridized carbons (Fsp3) is 0.412. The Morgan fingerprint density at radius 2 is 1.89 bits per heavy atom. The summed E-state index contributed by atoms with van der Waals surface area (Å²) in [5.41, 5.74) is 1.77. The highest BCUT2D eigenvalue weighted by Crippen LogP contribution is 2.39. The first-order valence-electron chi connectivity index (χ1n) is 7.05. The summed E-state index contributed by atoms with van der Waals surface area (Å²) in [6.45, 7) is 2.11. The van der Waals surface area contributed by atoms with Crippen molar-refractivity contribution in [1.29, 1.82) is 0 Å². The van der Waals surface area contributed by atoms with Gasteiger partial charge in [0.1, 0.15) is 5.78 Å². The van der Waals surface area contributed by atoms with Crippen LogP contribution in [0.3, 0.4) is 0 Å². The molecule has 0 N–H and O–H groups in total. The van der Waals surface area contributed by atoms with E-state index in [-0.39, 0.29) is 5.41 Å².